The van der Waals surface area contributed by atoms with Crippen molar-refractivity contribution in [1.82, 2.24) is 0 Å². The molecule has 0 amide bonds. The van der Waals surface area contributed by atoms with Gasteiger partial charge in [0.1, 0.15) is 0 Å². The van der Waals surface area contributed by atoms with Crippen LogP contribution in [-0.2, 0) is 11.2 Å². The fourth-order valence-corrected chi connectivity index (χ4v) is 1.99. The molecule has 0 saturated heterocycles. The molecule has 0 fully saturated rings. The van der Waals surface area contributed by atoms with Crippen molar-refractivity contribution in [3.8, 4) is 11.5 Å². The SMILES string of the molecule is COc1ccc(CC(=O)Cl)c(Br)c1OC. The van der Waals surface area contributed by atoms with Gasteiger partial charge in [-0.15, -0.1) is 0 Å². The van der Waals surface area contributed by atoms with Gasteiger partial charge in [-0.2, -0.15) is 0 Å². The smallest absolute Gasteiger partial charge is 0.226 e. The molecule has 0 aromatic heterocycles. The van der Waals surface area contributed by atoms with Crippen molar-refractivity contribution >= 4 is 32.8 Å². The number of carbonyl (C=O) groups is 1. The quantitative estimate of drug-likeness (QED) is 0.801. The van der Waals surface area contributed by atoms with Crippen LogP contribution in [0.3, 0.4) is 0 Å². The summed E-state index contributed by atoms with van der Waals surface area (Å²) in [6.07, 6.45) is 0.155. The molecule has 0 aliphatic rings. The molecule has 0 unspecified atom stereocenters. The highest BCUT2D eigenvalue weighted by molar-refractivity contribution is 9.10. The summed E-state index contributed by atoms with van der Waals surface area (Å²) in [7, 11) is 3.09. The van der Waals surface area contributed by atoms with Gasteiger partial charge in [-0.05, 0) is 39.2 Å². The molecule has 82 valence electrons. The molecule has 0 spiro atoms. The highest BCUT2D eigenvalue weighted by Crippen LogP contribution is 2.37. The standard InChI is InChI=1S/C10H10BrClO3/c1-14-7-4-3-6(5-8(12)13)9(11)10(7)15-2/h3-4H,5H2,1-2H3. The van der Waals surface area contributed by atoms with Crippen molar-refractivity contribution in [1.29, 1.82) is 0 Å². The second-order valence-electron chi connectivity index (χ2n) is 2.81. The predicted octanol–water partition coefficient (Wildman–Crippen LogP) is 2.77. The number of carbonyl (C=O) groups excluding carboxylic acids is 1. The molecule has 0 saturated carbocycles. The average molecular weight is 294 g/mol. The van der Waals surface area contributed by atoms with Crippen molar-refractivity contribution < 1.29 is 14.3 Å². The molecular formula is C10H10BrClO3. The Bertz CT molecular complexity index is 379. The van der Waals surface area contributed by atoms with E-state index in [2.05, 4.69) is 15.9 Å². The van der Waals surface area contributed by atoms with E-state index in [1.807, 2.05) is 0 Å². The molecule has 0 aliphatic carbocycles. The molecule has 0 N–H and O–H groups in total. The van der Waals surface area contributed by atoms with E-state index < -0.39 is 5.24 Å². The lowest BCUT2D eigenvalue weighted by Crippen LogP contribution is -1.98. The minimum atomic E-state index is -0.414. The maximum Gasteiger partial charge on any atom is 0.226 e. The average Bonchev–Trinajstić information content (AvgIpc) is 2.20. The van der Waals surface area contributed by atoms with Crippen molar-refractivity contribution in [3.63, 3.8) is 0 Å². The van der Waals surface area contributed by atoms with Crippen LogP contribution in [0.5, 0.6) is 11.5 Å². The van der Waals surface area contributed by atoms with E-state index in [1.165, 1.54) is 7.11 Å². The highest BCUT2D eigenvalue weighted by Gasteiger charge is 2.13. The summed E-state index contributed by atoms with van der Waals surface area (Å²) >= 11 is 8.67. The molecule has 5 heteroatoms. The lowest BCUT2D eigenvalue weighted by molar-refractivity contribution is -0.111. The Morgan fingerprint density at radius 1 is 1.40 bits per heavy atom. The zero-order valence-corrected chi connectivity index (χ0v) is 10.7. The molecule has 0 atom stereocenters. The van der Waals surface area contributed by atoms with E-state index in [0.29, 0.717) is 16.0 Å². The van der Waals surface area contributed by atoms with Crippen molar-refractivity contribution in [2.75, 3.05) is 14.2 Å². The van der Waals surface area contributed by atoms with E-state index >= 15 is 0 Å². The predicted molar refractivity (Wildman–Crippen MR) is 61.8 cm³/mol. The molecule has 0 bridgehead atoms. The molecule has 1 aromatic rings. The summed E-state index contributed by atoms with van der Waals surface area (Å²) in [6.45, 7) is 0. The Morgan fingerprint density at radius 2 is 2.07 bits per heavy atom. The van der Waals surface area contributed by atoms with E-state index in [4.69, 9.17) is 21.1 Å². The van der Waals surface area contributed by atoms with E-state index in [1.54, 1.807) is 19.2 Å². The molecular weight excluding hydrogens is 283 g/mol. The van der Waals surface area contributed by atoms with E-state index in [-0.39, 0.29) is 6.42 Å². The summed E-state index contributed by atoms with van der Waals surface area (Å²) in [6, 6.07) is 3.50. The molecule has 15 heavy (non-hydrogen) atoms. The number of hydrogen-bond acceptors (Lipinski definition) is 3. The second kappa shape index (κ2) is 5.37. The first-order chi connectivity index (χ1) is 7.10. The van der Waals surface area contributed by atoms with Crippen LogP contribution in [0.25, 0.3) is 0 Å². The largest absolute Gasteiger partial charge is 0.493 e. The Morgan fingerprint density at radius 3 is 2.53 bits per heavy atom. The maximum absolute atomic E-state index is 10.8. The second-order valence-corrected chi connectivity index (χ2v) is 4.02. The number of rotatable bonds is 4. The van der Waals surface area contributed by atoms with E-state index in [9.17, 15) is 4.79 Å². The number of ether oxygens (including phenoxy) is 2. The van der Waals surface area contributed by atoms with Crippen LogP contribution < -0.4 is 9.47 Å². The Hall–Kier alpha value is -0.740. The number of methoxy groups -OCH3 is 2. The van der Waals surface area contributed by atoms with Crippen LogP contribution in [-0.4, -0.2) is 19.5 Å². The van der Waals surface area contributed by atoms with Crippen LogP contribution in [0.2, 0.25) is 0 Å². The number of hydrogen-bond donors (Lipinski definition) is 0. The number of halogens is 2. The summed E-state index contributed by atoms with van der Waals surface area (Å²) in [4.78, 5) is 10.8. The topological polar surface area (TPSA) is 35.5 Å². The normalized spacial score (nSPS) is 9.87. The van der Waals surface area contributed by atoms with Crippen LogP contribution in [0, 0.1) is 0 Å². The van der Waals surface area contributed by atoms with Crippen LogP contribution in [0.4, 0.5) is 0 Å². The summed E-state index contributed by atoms with van der Waals surface area (Å²) in [5.41, 5.74) is 0.771. The van der Waals surface area contributed by atoms with Crippen LogP contribution in [0.15, 0.2) is 16.6 Å². The van der Waals surface area contributed by atoms with Crippen LogP contribution >= 0.6 is 27.5 Å². The van der Waals surface area contributed by atoms with Gasteiger partial charge in [0.2, 0.25) is 5.24 Å². The molecule has 3 nitrogen and oxygen atoms in total. The zero-order chi connectivity index (χ0) is 11.4. The Kier molecular flexibility index (Phi) is 4.42. The molecule has 0 heterocycles. The van der Waals surface area contributed by atoms with Crippen molar-refractivity contribution in [2.24, 2.45) is 0 Å². The van der Waals surface area contributed by atoms with Gasteiger partial charge in [0, 0.05) is 6.42 Å². The van der Waals surface area contributed by atoms with Gasteiger partial charge in [-0.25, -0.2) is 0 Å². The van der Waals surface area contributed by atoms with Gasteiger partial charge in [-0.3, -0.25) is 4.79 Å². The molecule has 0 radical (unpaired) electrons. The van der Waals surface area contributed by atoms with Crippen molar-refractivity contribution in [3.05, 3.63) is 22.2 Å². The minimum Gasteiger partial charge on any atom is -0.493 e. The Balaban J connectivity index is 3.16. The Labute approximate surface area is 101 Å². The monoisotopic (exact) mass is 292 g/mol. The first kappa shape index (κ1) is 12.3. The molecule has 0 aliphatic heterocycles. The lowest BCUT2D eigenvalue weighted by atomic mass is 10.1. The maximum atomic E-state index is 10.8. The third kappa shape index (κ3) is 2.86. The molecule has 1 rings (SSSR count). The van der Waals surface area contributed by atoms with Crippen molar-refractivity contribution in [2.45, 2.75) is 6.42 Å². The number of benzene rings is 1. The van der Waals surface area contributed by atoms with Gasteiger partial charge in [0.05, 0.1) is 18.7 Å². The third-order valence-electron chi connectivity index (χ3n) is 1.89. The van der Waals surface area contributed by atoms with Gasteiger partial charge in [0.15, 0.2) is 11.5 Å². The molecule has 1 aromatic carbocycles. The van der Waals surface area contributed by atoms with E-state index in [0.717, 1.165) is 5.56 Å². The van der Waals surface area contributed by atoms with Gasteiger partial charge < -0.3 is 9.47 Å². The summed E-state index contributed by atoms with van der Waals surface area (Å²) in [5, 5.41) is -0.414. The lowest BCUT2D eigenvalue weighted by Gasteiger charge is -2.11. The minimum absolute atomic E-state index is 0.155. The fourth-order valence-electron chi connectivity index (χ4n) is 1.22. The summed E-state index contributed by atoms with van der Waals surface area (Å²) < 4.78 is 11.0. The first-order valence-corrected chi connectivity index (χ1v) is 5.35. The zero-order valence-electron chi connectivity index (χ0n) is 8.34. The fraction of sp³-hybridized carbons (Fsp3) is 0.300. The third-order valence-corrected chi connectivity index (χ3v) is 2.90. The first-order valence-electron chi connectivity index (χ1n) is 4.17. The summed E-state index contributed by atoms with van der Waals surface area (Å²) in [5.74, 6) is 1.17. The van der Waals surface area contributed by atoms with Gasteiger partial charge >= 0.3 is 0 Å². The van der Waals surface area contributed by atoms with Gasteiger partial charge in [0.25, 0.3) is 0 Å². The van der Waals surface area contributed by atoms with Crippen LogP contribution in [0.1, 0.15) is 5.56 Å². The highest BCUT2D eigenvalue weighted by atomic mass is 79.9. The van der Waals surface area contributed by atoms with Gasteiger partial charge in [-0.1, -0.05) is 6.07 Å².